The summed E-state index contributed by atoms with van der Waals surface area (Å²) < 4.78 is 25.4. The molecular formula is C16H21N3O3S. The number of nitrogens with zero attached hydrogens (tertiary/aromatic N) is 3. The lowest BCUT2D eigenvalue weighted by molar-refractivity contribution is 0.0604. The molecule has 0 spiro atoms. The summed E-state index contributed by atoms with van der Waals surface area (Å²) in [7, 11) is -3.51. The maximum absolute atomic E-state index is 13.0. The Kier molecular flexibility index (Phi) is 4.14. The molecule has 0 bridgehead atoms. The molecule has 1 atom stereocenters. The topological polar surface area (TPSA) is 71.8 Å². The first-order chi connectivity index (χ1) is 10.9. The molecule has 0 aromatic carbocycles. The van der Waals surface area contributed by atoms with E-state index in [2.05, 4.69) is 11.9 Å². The maximum Gasteiger partial charge on any atom is 0.275 e. The fraction of sp³-hybridized carbons (Fsp3) is 0.500. The van der Waals surface area contributed by atoms with Crippen LogP contribution in [0.2, 0.25) is 0 Å². The highest BCUT2D eigenvalue weighted by Gasteiger charge is 2.30. The van der Waals surface area contributed by atoms with Gasteiger partial charge in [-0.15, -0.1) is 0 Å². The van der Waals surface area contributed by atoms with Gasteiger partial charge < -0.3 is 4.90 Å². The lowest BCUT2D eigenvalue weighted by atomic mass is 9.99. The molecular weight excluding hydrogens is 314 g/mol. The summed E-state index contributed by atoms with van der Waals surface area (Å²) in [4.78, 5) is 19.0. The van der Waals surface area contributed by atoms with Gasteiger partial charge in [0, 0.05) is 25.0 Å². The molecule has 2 aromatic rings. The van der Waals surface area contributed by atoms with Crippen LogP contribution in [-0.4, -0.2) is 47.5 Å². The first-order valence-electron chi connectivity index (χ1n) is 7.91. The number of imidazole rings is 1. The van der Waals surface area contributed by atoms with E-state index in [1.807, 2.05) is 4.90 Å². The number of hydrogen-bond acceptors (Lipinski definition) is 4. The van der Waals surface area contributed by atoms with Gasteiger partial charge in [0.1, 0.15) is 0 Å². The minimum Gasteiger partial charge on any atom is -0.334 e. The Labute approximate surface area is 136 Å². The average Bonchev–Trinajstić information content (AvgIpc) is 2.94. The van der Waals surface area contributed by atoms with Crippen molar-refractivity contribution in [3.8, 4) is 0 Å². The van der Waals surface area contributed by atoms with Crippen molar-refractivity contribution in [2.24, 2.45) is 0 Å². The lowest BCUT2D eigenvalue weighted by Crippen LogP contribution is -2.43. The maximum atomic E-state index is 13.0. The molecule has 1 aliphatic rings. The molecule has 3 rings (SSSR count). The van der Waals surface area contributed by atoms with E-state index in [1.54, 1.807) is 24.4 Å². The van der Waals surface area contributed by atoms with Crippen LogP contribution in [0, 0.1) is 0 Å². The molecule has 0 N–H and O–H groups in total. The van der Waals surface area contributed by atoms with Crippen LogP contribution in [0.3, 0.4) is 0 Å². The van der Waals surface area contributed by atoms with Gasteiger partial charge in [0.2, 0.25) is 15.0 Å². The number of carbonyl (C=O) groups excluding carboxylic acids is 1. The standard InChI is InChI=1S/C16H21N3O3S/c1-3-12-8-4-6-10-18(12)15(20)14-13-9-5-7-11-19(13)16(17-14)23(2,21)22/h5,7,9,11-12H,3-4,6,8,10H2,1-2H3/t12-/m1/s1. The van der Waals surface area contributed by atoms with Crippen molar-refractivity contribution in [3.05, 3.63) is 30.1 Å². The fourth-order valence-corrected chi connectivity index (χ4v) is 4.03. The highest BCUT2D eigenvalue weighted by molar-refractivity contribution is 7.90. The van der Waals surface area contributed by atoms with Gasteiger partial charge in [-0.25, -0.2) is 13.4 Å². The van der Waals surface area contributed by atoms with Crippen LogP contribution in [0.1, 0.15) is 43.1 Å². The van der Waals surface area contributed by atoms with Gasteiger partial charge in [0.05, 0.1) is 5.52 Å². The first-order valence-corrected chi connectivity index (χ1v) is 9.80. The number of aromatic nitrogens is 2. The van der Waals surface area contributed by atoms with Gasteiger partial charge in [-0.05, 0) is 37.8 Å². The van der Waals surface area contributed by atoms with Crippen molar-refractivity contribution in [1.29, 1.82) is 0 Å². The molecule has 7 heteroatoms. The molecule has 124 valence electrons. The van der Waals surface area contributed by atoms with Gasteiger partial charge in [0.25, 0.3) is 5.91 Å². The normalized spacial score (nSPS) is 19.2. The second-order valence-corrected chi connectivity index (χ2v) is 7.94. The Morgan fingerprint density at radius 3 is 2.83 bits per heavy atom. The molecule has 1 saturated heterocycles. The van der Waals surface area contributed by atoms with E-state index in [-0.39, 0.29) is 22.8 Å². The zero-order valence-electron chi connectivity index (χ0n) is 13.4. The summed E-state index contributed by atoms with van der Waals surface area (Å²) in [5.41, 5.74) is 0.768. The molecule has 0 saturated carbocycles. The van der Waals surface area contributed by atoms with Crippen molar-refractivity contribution in [2.45, 2.75) is 43.8 Å². The van der Waals surface area contributed by atoms with Gasteiger partial charge >= 0.3 is 0 Å². The summed E-state index contributed by atoms with van der Waals surface area (Å²) >= 11 is 0. The number of pyridine rings is 1. The Bertz CT molecular complexity index is 841. The smallest absolute Gasteiger partial charge is 0.275 e. The molecule has 0 radical (unpaired) electrons. The van der Waals surface area contributed by atoms with Gasteiger partial charge in [-0.2, -0.15) is 0 Å². The van der Waals surface area contributed by atoms with E-state index in [1.165, 1.54) is 4.40 Å². The third kappa shape index (κ3) is 2.85. The summed E-state index contributed by atoms with van der Waals surface area (Å²) in [5.74, 6) is -0.171. The van der Waals surface area contributed by atoms with Crippen LogP contribution in [0.5, 0.6) is 0 Å². The minimum atomic E-state index is -3.51. The fourth-order valence-electron chi connectivity index (χ4n) is 3.26. The van der Waals surface area contributed by atoms with Crippen molar-refractivity contribution in [3.63, 3.8) is 0 Å². The zero-order valence-corrected chi connectivity index (χ0v) is 14.2. The number of likely N-dealkylation sites (tertiary alicyclic amines) is 1. The zero-order chi connectivity index (χ0) is 16.6. The van der Waals surface area contributed by atoms with E-state index >= 15 is 0 Å². The van der Waals surface area contributed by atoms with E-state index in [4.69, 9.17) is 0 Å². The number of carbonyl (C=O) groups is 1. The largest absolute Gasteiger partial charge is 0.334 e. The SMILES string of the molecule is CC[C@@H]1CCCCN1C(=O)c1nc(S(C)(=O)=O)n2ccccc12. The molecule has 3 heterocycles. The lowest BCUT2D eigenvalue weighted by Gasteiger charge is -2.34. The first kappa shape index (κ1) is 16.0. The number of sulfone groups is 1. The number of hydrogen-bond donors (Lipinski definition) is 0. The number of amides is 1. The van der Waals surface area contributed by atoms with Gasteiger partial charge in [-0.1, -0.05) is 13.0 Å². The molecule has 0 unspecified atom stereocenters. The number of rotatable bonds is 3. The minimum absolute atomic E-state index is 0.0819. The quantitative estimate of drug-likeness (QED) is 0.861. The predicted octanol–water partition coefficient (Wildman–Crippen LogP) is 2.14. The second-order valence-electron chi connectivity index (χ2n) is 6.03. The van der Waals surface area contributed by atoms with Crippen LogP contribution in [-0.2, 0) is 9.84 Å². The molecule has 2 aromatic heterocycles. The van der Waals surface area contributed by atoms with Crippen molar-refractivity contribution >= 4 is 21.3 Å². The van der Waals surface area contributed by atoms with Crippen LogP contribution >= 0.6 is 0 Å². The molecule has 6 nitrogen and oxygen atoms in total. The summed E-state index contributed by atoms with van der Waals surface area (Å²) in [5, 5.41) is -0.0819. The summed E-state index contributed by atoms with van der Waals surface area (Å²) in [6.45, 7) is 2.78. The molecule has 1 amide bonds. The van der Waals surface area contributed by atoms with Crippen molar-refractivity contribution in [2.75, 3.05) is 12.8 Å². The molecule has 1 fully saturated rings. The van der Waals surface area contributed by atoms with Crippen molar-refractivity contribution < 1.29 is 13.2 Å². The summed E-state index contributed by atoms with van der Waals surface area (Å²) in [6, 6.07) is 5.46. The third-order valence-electron chi connectivity index (χ3n) is 4.41. The third-order valence-corrected chi connectivity index (χ3v) is 5.36. The van der Waals surface area contributed by atoms with Crippen LogP contribution in [0.25, 0.3) is 5.52 Å². The predicted molar refractivity (Wildman–Crippen MR) is 87.3 cm³/mol. The van der Waals surface area contributed by atoms with E-state index in [0.717, 1.165) is 31.9 Å². The second kappa shape index (κ2) is 5.96. The highest BCUT2D eigenvalue weighted by Crippen LogP contribution is 2.24. The Morgan fingerprint density at radius 2 is 2.13 bits per heavy atom. The number of piperidine rings is 1. The van der Waals surface area contributed by atoms with Crippen LogP contribution in [0.4, 0.5) is 0 Å². The van der Waals surface area contributed by atoms with Crippen LogP contribution < -0.4 is 0 Å². The Morgan fingerprint density at radius 1 is 1.35 bits per heavy atom. The van der Waals surface area contributed by atoms with Crippen molar-refractivity contribution in [1.82, 2.24) is 14.3 Å². The van der Waals surface area contributed by atoms with Gasteiger partial charge in [0.15, 0.2) is 5.69 Å². The Balaban J connectivity index is 2.11. The average molecular weight is 335 g/mol. The molecule has 0 aliphatic carbocycles. The molecule has 1 aliphatic heterocycles. The monoisotopic (exact) mass is 335 g/mol. The van der Waals surface area contributed by atoms with E-state index in [0.29, 0.717) is 12.1 Å². The van der Waals surface area contributed by atoms with Gasteiger partial charge in [-0.3, -0.25) is 9.20 Å². The number of fused-ring (bicyclic) bond motifs is 1. The van der Waals surface area contributed by atoms with E-state index < -0.39 is 9.84 Å². The Hall–Kier alpha value is -1.89. The van der Waals surface area contributed by atoms with Crippen LogP contribution in [0.15, 0.2) is 29.6 Å². The molecule has 23 heavy (non-hydrogen) atoms. The van der Waals surface area contributed by atoms with E-state index in [9.17, 15) is 13.2 Å². The summed E-state index contributed by atoms with van der Waals surface area (Å²) in [6.07, 6.45) is 6.74. The highest BCUT2D eigenvalue weighted by atomic mass is 32.2.